The van der Waals surface area contributed by atoms with Gasteiger partial charge in [-0.15, -0.1) is 0 Å². The van der Waals surface area contributed by atoms with Gasteiger partial charge >= 0.3 is 0 Å². The lowest BCUT2D eigenvalue weighted by Gasteiger charge is -2.13. The van der Waals surface area contributed by atoms with Crippen LogP contribution in [-0.4, -0.2) is 13.0 Å². The van der Waals surface area contributed by atoms with Crippen LogP contribution >= 0.6 is 11.6 Å². The third-order valence-electron chi connectivity index (χ3n) is 4.12. The molecule has 0 atom stereocenters. The molecular formula is C19H18ClNO3S. The van der Waals surface area contributed by atoms with Gasteiger partial charge in [-0.1, -0.05) is 37.1 Å². The Morgan fingerprint density at radius 1 is 1.04 bits per heavy atom. The molecule has 3 aromatic rings. The van der Waals surface area contributed by atoms with E-state index < -0.39 is 15.3 Å². The summed E-state index contributed by atoms with van der Waals surface area (Å²) in [6, 6.07) is 12.9. The molecule has 3 rings (SSSR count). The quantitative estimate of drug-likeness (QED) is 0.668. The Labute approximate surface area is 151 Å². The average molecular weight is 376 g/mol. The number of pyridine rings is 1. The average Bonchev–Trinajstić information content (AvgIpc) is 2.61. The molecule has 0 aliphatic rings. The number of nitrogens with zero attached hydrogens (tertiary/aromatic N) is 1. The Kier molecular flexibility index (Phi) is 4.97. The Morgan fingerprint density at radius 3 is 2.40 bits per heavy atom. The van der Waals surface area contributed by atoms with Crippen molar-refractivity contribution in [2.24, 2.45) is 0 Å². The summed E-state index contributed by atoms with van der Waals surface area (Å²) in [5.41, 5.74) is 0.273. The second-order valence-corrected chi connectivity index (χ2v) is 8.20. The number of rotatable bonds is 5. The highest BCUT2D eigenvalue weighted by atomic mass is 35.5. The van der Waals surface area contributed by atoms with Crippen molar-refractivity contribution in [3.63, 3.8) is 0 Å². The summed E-state index contributed by atoms with van der Waals surface area (Å²) in [6.07, 6.45) is 3.33. The van der Waals surface area contributed by atoms with Gasteiger partial charge in [0.1, 0.15) is 4.90 Å². The fraction of sp³-hybridized carbons (Fsp3) is 0.211. The van der Waals surface area contributed by atoms with E-state index >= 15 is 0 Å². The largest absolute Gasteiger partial charge is 0.346 e. The Morgan fingerprint density at radius 2 is 1.72 bits per heavy atom. The van der Waals surface area contributed by atoms with Crippen LogP contribution in [0.3, 0.4) is 0 Å². The molecule has 0 fully saturated rings. The number of fused-ring (bicyclic) bond motifs is 1. The maximum absolute atomic E-state index is 13.0. The van der Waals surface area contributed by atoms with Crippen molar-refractivity contribution in [2.75, 3.05) is 0 Å². The van der Waals surface area contributed by atoms with Crippen LogP contribution in [0.4, 0.5) is 0 Å². The zero-order valence-electron chi connectivity index (χ0n) is 13.8. The van der Waals surface area contributed by atoms with Crippen LogP contribution in [0.25, 0.3) is 10.9 Å². The molecule has 6 heteroatoms. The molecule has 4 nitrogen and oxygen atoms in total. The van der Waals surface area contributed by atoms with Gasteiger partial charge in [-0.2, -0.15) is 0 Å². The molecule has 0 amide bonds. The molecule has 0 aliphatic heterocycles. The summed E-state index contributed by atoms with van der Waals surface area (Å²) in [5.74, 6) is 0. The van der Waals surface area contributed by atoms with Crippen molar-refractivity contribution in [2.45, 2.75) is 36.1 Å². The van der Waals surface area contributed by atoms with Crippen molar-refractivity contribution >= 4 is 32.3 Å². The molecule has 0 spiro atoms. The number of benzene rings is 2. The summed E-state index contributed by atoms with van der Waals surface area (Å²) < 4.78 is 27.8. The summed E-state index contributed by atoms with van der Waals surface area (Å²) >= 11 is 5.84. The van der Waals surface area contributed by atoms with Crippen LogP contribution in [0.15, 0.2) is 69.3 Å². The van der Waals surface area contributed by atoms with Gasteiger partial charge in [-0.25, -0.2) is 8.42 Å². The minimum atomic E-state index is -3.92. The first-order valence-electron chi connectivity index (χ1n) is 8.08. The molecule has 0 unspecified atom stereocenters. The maximum atomic E-state index is 13.0. The fourth-order valence-corrected chi connectivity index (χ4v) is 4.26. The molecule has 1 heterocycles. The van der Waals surface area contributed by atoms with Crippen molar-refractivity contribution < 1.29 is 8.42 Å². The standard InChI is InChI=1S/C19H18ClNO3S/c1-2-3-12-21-13-18(19(22)16-6-4-5-7-17(16)21)25(23,24)15-10-8-14(20)9-11-15/h4-11,13H,2-3,12H2,1H3. The molecule has 25 heavy (non-hydrogen) atoms. The van der Waals surface area contributed by atoms with Gasteiger partial charge < -0.3 is 4.57 Å². The number of hydrogen-bond donors (Lipinski definition) is 0. The Bertz CT molecular complexity index is 1070. The maximum Gasteiger partial charge on any atom is 0.211 e. The summed E-state index contributed by atoms with van der Waals surface area (Å²) in [4.78, 5) is 12.7. The lowest BCUT2D eigenvalue weighted by atomic mass is 10.2. The van der Waals surface area contributed by atoms with E-state index in [9.17, 15) is 13.2 Å². The Balaban J connectivity index is 2.27. The van der Waals surface area contributed by atoms with Gasteiger partial charge in [-0.3, -0.25) is 4.79 Å². The number of sulfone groups is 1. The molecule has 2 aromatic carbocycles. The van der Waals surface area contributed by atoms with Crippen molar-refractivity contribution in [1.82, 2.24) is 4.57 Å². The molecule has 0 radical (unpaired) electrons. The van der Waals surface area contributed by atoms with E-state index in [0.29, 0.717) is 17.0 Å². The van der Waals surface area contributed by atoms with Crippen LogP contribution in [-0.2, 0) is 16.4 Å². The highest BCUT2D eigenvalue weighted by Crippen LogP contribution is 2.23. The topological polar surface area (TPSA) is 56.1 Å². The third kappa shape index (κ3) is 3.34. The zero-order chi connectivity index (χ0) is 18.0. The highest BCUT2D eigenvalue weighted by molar-refractivity contribution is 7.91. The SMILES string of the molecule is CCCCn1cc(S(=O)(=O)c2ccc(Cl)cc2)c(=O)c2ccccc21. The summed E-state index contributed by atoms with van der Waals surface area (Å²) in [5, 5.41) is 0.853. The van der Waals surface area contributed by atoms with Crippen LogP contribution in [0, 0.1) is 0 Å². The van der Waals surface area contributed by atoms with E-state index in [1.54, 1.807) is 12.1 Å². The van der Waals surface area contributed by atoms with Gasteiger partial charge in [0.2, 0.25) is 15.3 Å². The number of para-hydroxylation sites is 1. The number of unbranched alkanes of at least 4 members (excludes halogenated alkanes) is 1. The van der Waals surface area contributed by atoms with Crippen molar-refractivity contribution in [3.8, 4) is 0 Å². The molecule has 0 aliphatic carbocycles. The summed E-state index contributed by atoms with van der Waals surface area (Å²) in [7, 11) is -3.92. The van der Waals surface area contributed by atoms with Gasteiger partial charge in [0.15, 0.2) is 0 Å². The van der Waals surface area contributed by atoms with Gasteiger partial charge in [0.25, 0.3) is 0 Å². The number of halogens is 1. The van der Waals surface area contributed by atoms with Crippen molar-refractivity contribution in [3.05, 3.63) is 70.0 Å². The number of hydrogen-bond acceptors (Lipinski definition) is 3. The molecule has 0 saturated heterocycles. The second-order valence-electron chi connectivity index (χ2n) is 5.84. The second kappa shape index (κ2) is 7.02. The normalized spacial score (nSPS) is 11.8. The monoisotopic (exact) mass is 375 g/mol. The molecule has 0 bridgehead atoms. The Hall–Kier alpha value is -2.11. The molecule has 0 saturated carbocycles. The lowest BCUT2D eigenvalue weighted by molar-refractivity contribution is 0.591. The van der Waals surface area contributed by atoms with E-state index in [1.165, 1.54) is 30.5 Å². The first-order valence-corrected chi connectivity index (χ1v) is 9.94. The zero-order valence-corrected chi connectivity index (χ0v) is 15.3. The molecule has 1 aromatic heterocycles. The van der Waals surface area contributed by atoms with E-state index in [4.69, 9.17) is 11.6 Å². The van der Waals surface area contributed by atoms with Crippen LogP contribution in [0.2, 0.25) is 5.02 Å². The first kappa shape index (κ1) is 17.7. The number of aryl methyl sites for hydroxylation is 1. The predicted molar refractivity (Wildman–Crippen MR) is 100 cm³/mol. The van der Waals surface area contributed by atoms with E-state index in [0.717, 1.165) is 18.4 Å². The van der Waals surface area contributed by atoms with E-state index in [1.807, 2.05) is 16.7 Å². The highest BCUT2D eigenvalue weighted by Gasteiger charge is 2.23. The predicted octanol–water partition coefficient (Wildman–Crippen LogP) is 4.29. The van der Waals surface area contributed by atoms with Crippen LogP contribution < -0.4 is 5.43 Å². The molecular weight excluding hydrogens is 358 g/mol. The van der Waals surface area contributed by atoms with E-state index in [-0.39, 0.29) is 9.79 Å². The van der Waals surface area contributed by atoms with Crippen molar-refractivity contribution in [1.29, 1.82) is 0 Å². The smallest absolute Gasteiger partial charge is 0.211 e. The fourth-order valence-electron chi connectivity index (χ4n) is 2.76. The van der Waals surface area contributed by atoms with Gasteiger partial charge in [0, 0.05) is 23.2 Å². The number of aromatic nitrogens is 1. The van der Waals surface area contributed by atoms with Gasteiger partial charge in [-0.05, 0) is 42.8 Å². The molecule has 0 N–H and O–H groups in total. The van der Waals surface area contributed by atoms with Crippen LogP contribution in [0.5, 0.6) is 0 Å². The first-order chi connectivity index (χ1) is 11.9. The molecule has 130 valence electrons. The minimum Gasteiger partial charge on any atom is -0.346 e. The van der Waals surface area contributed by atoms with Gasteiger partial charge in [0.05, 0.1) is 10.4 Å². The third-order valence-corrected chi connectivity index (χ3v) is 6.14. The van der Waals surface area contributed by atoms with E-state index in [2.05, 4.69) is 6.92 Å². The minimum absolute atomic E-state index is 0.0614. The van der Waals surface area contributed by atoms with Crippen LogP contribution in [0.1, 0.15) is 19.8 Å². The summed E-state index contributed by atoms with van der Waals surface area (Å²) in [6.45, 7) is 2.72. The lowest BCUT2D eigenvalue weighted by Crippen LogP contribution is -2.19.